The van der Waals surface area contributed by atoms with Crippen LogP contribution in [0.1, 0.15) is 56.9 Å². The average Bonchev–Trinajstić information content (AvgIpc) is 3.13. The molecule has 5 rings (SSSR count). The Labute approximate surface area is 304 Å². The van der Waals surface area contributed by atoms with E-state index in [-0.39, 0.29) is 36.9 Å². The summed E-state index contributed by atoms with van der Waals surface area (Å²) in [6.07, 6.45) is 3.70. The fourth-order valence-corrected chi connectivity index (χ4v) is 6.70. The summed E-state index contributed by atoms with van der Waals surface area (Å²) < 4.78 is 41.9. The lowest BCUT2D eigenvalue weighted by atomic mass is 9.94. The standard InChI is InChI=1S/C36H52ClN3O11/c1-44-18-5-16-39-17-21-45-32-15-6-26(22-31(32)39)25-47-33-23-38-24-34(51-36(41)46-19-3-2-4-20-48-40(42)43)35(33)50-30-13-11-29(12-14-30)49-28-9-7-27(37)8-10-28/h6-10,15,22,29-30,33-35,38,42-43H,2-5,11-14,16-21,23-25H2,1H3. The molecule has 2 aromatic carbocycles. The van der Waals surface area contributed by atoms with Crippen molar-refractivity contribution in [1.82, 2.24) is 10.7 Å². The quantitative estimate of drug-likeness (QED) is 0.0940. The number of nitrogens with zero attached hydrogens (tertiary/aromatic N) is 2. The highest BCUT2D eigenvalue weighted by Crippen LogP contribution is 2.34. The van der Waals surface area contributed by atoms with Gasteiger partial charge in [0.15, 0.2) is 0 Å². The number of rotatable bonds is 19. The number of carbonyl (C=O) groups is 1. The van der Waals surface area contributed by atoms with Crippen LogP contribution in [-0.4, -0.2) is 112 Å². The molecule has 284 valence electrons. The Bertz CT molecular complexity index is 1320. The van der Waals surface area contributed by atoms with Crippen LogP contribution in [-0.2, 0) is 35.1 Å². The smallest absolute Gasteiger partial charge is 0.490 e. The van der Waals surface area contributed by atoms with Gasteiger partial charge in [0, 0.05) is 38.4 Å². The third-order valence-corrected chi connectivity index (χ3v) is 9.45. The lowest BCUT2D eigenvalue weighted by Crippen LogP contribution is -2.58. The van der Waals surface area contributed by atoms with Gasteiger partial charge in [-0.05, 0) is 93.3 Å². The molecule has 0 spiro atoms. The SMILES string of the molecule is COCCCN1CCOc2ccc(COC3CNCC(OC(=O)OCCCCCON(O)O)C3OC3CCC(Oc4ccc(Cl)cc4)CC3)cc21. The summed E-state index contributed by atoms with van der Waals surface area (Å²) in [4.78, 5) is 19.7. The predicted octanol–water partition coefficient (Wildman–Crippen LogP) is 5.54. The molecule has 1 aliphatic carbocycles. The Morgan fingerprint density at radius 2 is 1.73 bits per heavy atom. The molecule has 2 heterocycles. The second kappa shape index (κ2) is 20.9. The molecule has 0 aromatic heterocycles. The van der Waals surface area contributed by atoms with Gasteiger partial charge in [-0.15, -0.1) is 0 Å². The van der Waals surface area contributed by atoms with E-state index in [4.69, 9.17) is 55.2 Å². The van der Waals surface area contributed by atoms with Gasteiger partial charge in [-0.1, -0.05) is 17.7 Å². The van der Waals surface area contributed by atoms with Crippen LogP contribution >= 0.6 is 11.6 Å². The number of fused-ring (bicyclic) bond motifs is 1. The Morgan fingerprint density at radius 1 is 0.961 bits per heavy atom. The van der Waals surface area contributed by atoms with Crippen LogP contribution in [0.3, 0.4) is 0 Å². The van der Waals surface area contributed by atoms with Gasteiger partial charge in [0.2, 0.25) is 0 Å². The monoisotopic (exact) mass is 737 g/mol. The average molecular weight is 738 g/mol. The van der Waals surface area contributed by atoms with Gasteiger partial charge in [-0.2, -0.15) is 0 Å². The van der Waals surface area contributed by atoms with Crippen LogP contribution in [0.15, 0.2) is 42.5 Å². The van der Waals surface area contributed by atoms with Crippen molar-refractivity contribution < 1.29 is 53.2 Å². The molecule has 1 saturated heterocycles. The van der Waals surface area contributed by atoms with E-state index in [2.05, 4.69) is 21.1 Å². The maximum atomic E-state index is 12.8. The van der Waals surface area contributed by atoms with Gasteiger partial charge >= 0.3 is 6.16 Å². The number of anilines is 1. The number of carbonyl (C=O) groups excluding carboxylic acids is 1. The van der Waals surface area contributed by atoms with E-state index in [1.54, 1.807) is 7.11 Å². The first-order valence-corrected chi connectivity index (χ1v) is 18.3. The summed E-state index contributed by atoms with van der Waals surface area (Å²) in [5.41, 5.74) is 2.05. The Hall–Kier alpha value is -2.92. The molecule has 2 fully saturated rings. The van der Waals surface area contributed by atoms with Crippen molar-refractivity contribution in [2.45, 2.75) is 88.5 Å². The van der Waals surface area contributed by atoms with Crippen LogP contribution in [0, 0.1) is 0 Å². The van der Waals surface area contributed by atoms with Gasteiger partial charge in [0.05, 0.1) is 49.7 Å². The minimum absolute atomic E-state index is 0.0519. The molecule has 3 aliphatic rings. The molecular weight excluding hydrogens is 686 g/mol. The molecule has 0 amide bonds. The van der Waals surface area contributed by atoms with Crippen molar-refractivity contribution in [3.05, 3.63) is 53.1 Å². The van der Waals surface area contributed by atoms with Crippen LogP contribution in [0.4, 0.5) is 10.5 Å². The fourth-order valence-electron chi connectivity index (χ4n) is 6.57. The summed E-state index contributed by atoms with van der Waals surface area (Å²) in [7, 11) is 1.72. The zero-order valence-electron chi connectivity index (χ0n) is 29.3. The molecule has 51 heavy (non-hydrogen) atoms. The zero-order chi connectivity index (χ0) is 35.8. The first kappa shape index (κ1) is 39.3. The van der Waals surface area contributed by atoms with Gasteiger partial charge in [0.25, 0.3) is 0 Å². The van der Waals surface area contributed by atoms with E-state index in [0.717, 1.165) is 67.9 Å². The Kier molecular flexibility index (Phi) is 16.1. The van der Waals surface area contributed by atoms with Crippen molar-refractivity contribution in [1.29, 1.82) is 0 Å². The number of unbranched alkanes of at least 4 members (excludes halogenated alkanes) is 2. The topological polar surface area (TPSA) is 150 Å². The third kappa shape index (κ3) is 12.9. The summed E-state index contributed by atoms with van der Waals surface area (Å²) >= 11 is 6.03. The number of benzene rings is 2. The number of piperidine rings is 1. The second-order valence-electron chi connectivity index (χ2n) is 13.0. The summed E-state index contributed by atoms with van der Waals surface area (Å²) in [5, 5.41) is 20.9. The van der Waals surface area contributed by atoms with Crippen molar-refractivity contribution in [3.8, 4) is 11.5 Å². The van der Waals surface area contributed by atoms with E-state index in [9.17, 15) is 4.79 Å². The maximum Gasteiger partial charge on any atom is 0.508 e. The van der Waals surface area contributed by atoms with Gasteiger partial charge < -0.3 is 43.4 Å². The number of nitrogens with one attached hydrogen (secondary N) is 1. The lowest BCUT2D eigenvalue weighted by molar-refractivity contribution is -0.492. The van der Waals surface area contributed by atoms with Crippen molar-refractivity contribution in [2.75, 3.05) is 64.6 Å². The van der Waals surface area contributed by atoms with Gasteiger partial charge in [0.1, 0.15) is 36.4 Å². The molecule has 3 unspecified atom stereocenters. The van der Waals surface area contributed by atoms with Crippen LogP contribution in [0.5, 0.6) is 11.5 Å². The molecular formula is C36H52ClN3O11. The maximum absolute atomic E-state index is 12.8. The molecule has 0 bridgehead atoms. The second-order valence-corrected chi connectivity index (χ2v) is 13.4. The van der Waals surface area contributed by atoms with Gasteiger partial charge in [-0.3, -0.25) is 15.3 Å². The zero-order valence-corrected chi connectivity index (χ0v) is 30.0. The minimum atomic E-state index is -0.771. The molecule has 15 heteroatoms. The molecule has 3 atom stereocenters. The highest BCUT2D eigenvalue weighted by Gasteiger charge is 2.40. The number of hydrogen-bond acceptors (Lipinski definition) is 14. The first-order valence-electron chi connectivity index (χ1n) is 17.9. The largest absolute Gasteiger partial charge is 0.508 e. The highest BCUT2D eigenvalue weighted by molar-refractivity contribution is 6.30. The normalized spacial score (nSPS) is 23.4. The predicted molar refractivity (Wildman–Crippen MR) is 187 cm³/mol. The number of ether oxygens (including phenoxy) is 7. The number of hydrogen-bond donors (Lipinski definition) is 3. The highest BCUT2D eigenvalue weighted by atomic mass is 35.5. The van der Waals surface area contributed by atoms with Crippen molar-refractivity contribution >= 4 is 23.4 Å². The Morgan fingerprint density at radius 3 is 2.51 bits per heavy atom. The van der Waals surface area contributed by atoms with Crippen LogP contribution in [0.2, 0.25) is 5.02 Å². The fraction of sp³-hybridized carbons (Fsp3) is 0.639. The number of halogens is 1. The third-order valence-electron chi connectivity index (χ3n) is 9.20. The lowest BCUT2D eigenvalue weighted by Gasteiger charge is -2.40. The van der Waals surface area contributed by atoms with Crippen LogP contribution in [0.25, 0.3) is 0 Å². The minimum Gasteiger partial charge on any atom is -0.490 e. The molecule has 0 radical (unpaired) electrons. The first-order chi connectivity index (χ1) is 24.9. The van der Waals surface area contributed by atoms with E-state index in [1.165, 1.54) is 0 Å². The summed E-state index contributed by atoms with van der Waals surface area (Å²) in [6, 6.07) is 13.5. The van der Waals surface area contributed by atoms with E-state index in [1.807, 2.05) is 36.4 Å². The molecule has 1 saturated carbocycles. The van der Waals surface area contributed by atoms with E-state index < -0.39 is 18.4 Å². The summed E-state index contributed by atoms with van der Waals surface area (Å²) in [6.45, 7) is 4.60. The molecule has 3 N–H and O–H groups in total. The molecule has 2 aromatic rings. The molecule has 14 nitrogen and oxygen atoms in total. The van der Waals surface area contributed by atoms with Gasteiger partial charge in [-0.25, -0.2) is 4.79 Å². The van der Waals surface area contributed by atoms with E-state index in [0.29, 0.717) is 57.2 Å². The van der Waals surface area contributed by atoms with Crippen LogP contribution < -0.4 is 19.7 Å². The van der Waals surface area contributed by atoms with E-state index >= 15 is 0 Å². The van der Waals surface area contributed by atoms with Crippen molar-refractivity contribution in [3.63, 3.8) is 0 Å². The molecule has 2 aliphatic heterocycles. The van der Waals surface area contributed by atoms with Crippen molar-refractivity contribution in [2.24, 2.45) is 0 Å². The number of methoxy groups -OCH3 is 1. The Balaban J connectivity index is 1.18. The summed E-state index contributed by atoms with van der Waals surface area (Å²) in [5.74, 6) is 1.66.